The van der Waals surface area contributed by atoms with Crippen LogP contribution in [0.5, 0.6) is 0 Å². The van der Waals surface area contributed by atoms with Gasteiger partial charge in [0, 0.05) is 17.7 Å². The van der Waals surface area contributed by atoms with Crippen LogP contribution in [-0.2, 0) is 4.79 Å². The number of hydrogen-bond acceptors (Lipinski definition) is 5. The van der Waals surface area contributed by atoms with Crippen LogP contribution in [0.3, 0.4) is 0 Å². The van der Waals surface area contributed by atoms with Gasteiger partial charge in [0.25, 0.3) is 0 Å². The molecule has 1 aliphatic rings. The highest BCUT2D eigenvalue weighted by Gasteiger charge is 2.29. The second-order valence-electron chi connectivity index (χ2n) is 6.72. The number of carbonyl (C=O) groups excluding carboxylic acids is 1. The summed E-state index contributed by atoms with van der Waals surface area (Å²) in [6.45, 7) is 1.91. The fraction of sp³-hybridized carbons (Fsp3) is 0.263. The molecule has 27 heavy (non-hydrogen) atoms. The van der Waals surface area contributed by atoms with Gasteiger partial charge in [0.15, 0.2) is 0 Å². The molecule has 1 unspecified atom stereocenters. The second-order valence-corrected chi connectivity index (χ2v) is 6.72. The van der Waals surface area contributed by atoms with Gasteiger partial charge in [-0.25, -0.2) is 0 Å². The lowest BCUT2D eigenvalue weighted by Crippen LogP contribution is -2.13. The van der Waals surface area contributed by atoms with E-state index in [0.717, 1.165) is 24.1 Å². The predicted octanol–water partition coefficient (Wildman–Crippen LogP) is 3.76. The second kappa shape index (κ2) is 6.71. The van der Waals surface area contributed by atoms with Crippen molar-refractivity contribution in [3.8, 4) is 0 Å². The summed E-state index contributed by atoms with van der Waals surface area (Å²) < 4.78 is 1.45. The summed E-state index contributed by atoms with van der Waals surface area (Å²) >= 11 is 0. The Bertz CT molecular complexity index is 1010. The van der Waals surface area contributed by atoms with Gasteiger partial charge in [0.2, 0.25) is 17.4 Å². The molecular weight excluding hydrogens is 346 g/mol. The summed E-state index contributed by atoms with van der Waals surface area (Å²) in [6, 6.07) is 12.5. The van der Waals surface area contributed by atoms with E-state index < -0.39 is 4.92 Å². The zero-order valence-electron chi connectivity index (χ0n) is 14.8. The highest BCUT2D eigenvalue weighted by atomic mass is 16.6. The first-order valence-corrected chi connectivity index (χ1v) is 8.82. The molecular formula is C19H19N5O3. The van der Waals surface area contributed by atoms with E-state index in [9.17, 15) is 14.9 Å². The minimum Gasteiger partial charge on any atom is -0.358 e. The van der Waals surface area contributed by atoms with Crippen LogP contribution in [0.1, 0.15) is 31.4 Å². The van der Waals surface area contributed by atoms with Crippen molar-refractivity contribution in [2.75, 3.05) is 10.6 Å². The lowest BCUT2D eigenvalue weighted by atomic mass is 10.1. The molecule has 2 aromatic heterocycles. The number of carbonyl (C=O) groups is 1. The number of imidazole rings is 1. The summed E-state index contributed by atoms with van der Waals surface area (Å²) in [5.74, 6) is 0.352. The standard InChI is InChI=1S/C19H19N5O3/c1-12(13-7-9-15(10-8-13)21-18(25)14-5-6-14)20-17-19(24(26)27)23-11-3-2-4-16(23)22-17/h2-4,7-12,14,20H,5-6H2,1H3,(H,21,25). The highest BCUT2D eigenvalue weighted by molar-refractivity contribution is 5.94. The molecule has 1 aromatic carbocycles. The third-order valence-electron chi connectivity index (χ3n) is 4.66. The zero-order chi connectivity index (χ0) is 19.0. The van der Waals surface area contributed by atoms with Crippen LogP contribution >= 0.6 is 0 Å². The fourth-order valence-electron chi connectivity index (χ4n) is 2.99. The molecule has 1 amide bonds. The lowest BCUT2D eigenvalue weighted by molar-refractivity contribution is -0.389. The van der Waals surface area contributed by atoms with E-state index in [0.29, 0.717) is 5.65 Å². The van der Waals surface area contributed by atoms with Gasteiger partial charge in [-0.1, -0.05) is 18.2 Å². The molecule has 1 saturated carbocycles. The van der Waals surface area contributed by atoms with Crippen molar-refractivity contribution in [1.82, 2.24) is 9.38 Å². The number of amides is 1. The largest absolute Gasteiger partial charge is 0.372 e. The Morgan fingerprint density at radius 2 is 2.00 bits per heavy atom. The molecule has 8 heteroatoms. The Labute approximate surface area is 155 Å². The molecule has 1 fully saturated rings. The van der Waals surface area contributed by atoms with Gasteiger partial charge in [-0.2, -0.15) is 9.38 Å². The van der Waals surface area contributed by atoms with Crippen molar-refractivity contribution in [2.45, 2.75) is 25.8 Å². The van der Waals surface area contributed by atoms with Gasteiger partial charge in [0.1, 0.15) is 0 Å². The van der Waals surface area contributed by atoms with E-state index >= 15 is 0 Å². The molecule has 1 atom stereocenters. The van der Waals surface area contributed by atoms with E-state index in [-0.39, 0.29) is 29.5 Å². The molecule has 0 bridgehead atoms. The SMILES string of the molecule is CC(Nc1nc2ccccn2c1[N+](=O)[O-])c1ccc(NC(=O)C2CC2)cc1. The minimum atomic E-state index is -0.439. The smallest absolute Gasteiger partial charge is 0.358 e. The normalized spacial score (nSPS) is 14.7. The molecule has 2 N–H and O–H groups in total. The molecule has 0 spiro atoms. The van der Waals surface area contributed by atoms with Crippen molar-refractivity contribution >= 4 is 28.9 Å². The number of pyridine rings is 1. The van der Waals surface area contributed by atoms with Crippen molar-refractivity contribution in [1.29, 1.82) is 0 Å². The van der Waals surface area contributed by atoms with Crippen LogP contribution < -0.4 is 10.6 Å². The van der Waals surface area contributed by atoms with Crippen molar-refractivity contribution < 1.29 is 9.72 Å². The van der Waals surface area contributed by atoms with Crippen molar-refractivity contribution in [3.63, 3.8) is 0 Å². The number of nitrogens with zero attached hydrogens (tertiary/aromatic N) is 3. The Morgan fingerprint density at radius 3 is 2.67 bits per heavy atom. The quantitative estimate of drug-likeness (QED) is 0.511. The van der Waals surface area contributed by atoms with E-state index in [2.05, 4.69) is 15.6 Å². The van der Waals surface area contributed by atoms with Gasteiger partial charge >= 0.3 is 5.82 Å². The Balaban J connectivity index is 1.52. The molecule has 2 heterocycles. The fourth-order valence-corrected chi connectivity index (χ4v) is 2.99. The molecule has 4 rings (SSSR count). The van der Waals surface area contributed by atoms with Gasteiger partial charge in [-0.05, 0) is 48.5 Å². The van der Waals surface area contributed by atoms with Crippen molar-refractivity contribution in [3.05, 3.63) is 64.3 Å². The maximum absolute atomic E-state index is 11.8. The maximum atomic E-state index is 11.8. The summed E-state index contributed by atoms with van der Waals surface area (Å²) in [4.78, 5) is 27.2. The van der Waals surface area contributed by atoms with Gasteiger partial charge in [-0.15, -0.1) is 0 Å². The number of hydrogen-bond donors (Lipinski definition) is 2. The third-order valence-corrected chi connectivity index (χ3v) is 4.66. The lowest BCUT2D eigenvalue weighted by Gasteiger charge is -2.14. The Hall–Kier alpha value is -3.42. The summed E-state index contributed by atoms with van der Waals surface area (Å²) in [6.07, 6.45) is 3.54. The zero-order valence-corrected chi connectivity index (χ0v) is 14.8. The molecule has 8 nitrogen and oxygen atoms in total. The summed E-state index contributed by atoms with van der Waals surface area (Å²) in [7, 11) is 0. The minimum absolute atomic E-state index is 0.0641. The highest BCUT2D eigenvalue weighted by Crippen LogP contribution is 2.31. The number of nitro groups is 1. The molecule has 0 radical (unpaired) electrons. The number of anilines is 2. The molecule has 1 aliphatic carbocycles. The number of rotatable bonds is 6. The Morgan fingerprint density at radius 1 is 1.26 bits per heavy atom. The maximum Gasteiger partial charge on any atom is 0.372 e. The van der Waals surface area contributed by atoms with E-state index in [1.807, 2.05) is 31.2 Å². The molecule has 3 aromatic rings. The van der Waals surface area contributed by atoms with Crippen molar-refractivity contribution in [2.24, 2.45) is 5.92 Å². The van der Waals surface area contributed by atoms with Crippen LogP contribution in [0.25, 0.3) is 5.65 Å². The van der Waals surface area contributed by atoms with Gasteiger partial charge in [0.05, 0.1) is 12.2 Å². The van der Waals surface area contributed by atoms with E-state index in [1.54, 1.807) is 24.4 Å². The average molecular weight is 365 g/mol. The topological polar surface area (TPSA) is 102 Å². The average Bonchev–Trinajstić information content (AvgIpc) is 3.43. The first-order valence-electron chi connectivity index (χ1n) is 8.82. The molecule has 138 valence electrons. The third kappa shape index (κ3) is 3.46. The van der Waals surface area contributed by atoms with Gasteiger partial charge in [-0.3, -0.25) is 4.79 Å². The number of aromatic nitrogens is 2. The molecule has 0 aliphatic heterocycles. The van der Waals surface area contributed by atoms with Crippen LogP contribution in [0.4, 0.5) is 17.3 Å². The number of fused-ring (bicyclic) bond motifs is 1. The summed E-state index contributed by atoms with van der Waals surface area (Å²) in [5, 5.41) is 17.5. The first-order chi connectivity index (χ1) is 13.0. The molecule has 0 saturated heterocycles. The van der Waals surface area contributed by atoms with E-state index in [1.165, 1.54) is 4.40 Å². The van der Waals surface area contributed by atoms with Crippen LogP contribution in [0.15, 0.2) is 48.7 Å². The van der Waals surface area contributed by atoms with Crippen LogP contribution in [-0.4, -0.2) is 20.2 Å². The van der Waals surface area contributed by atoms with E-state index in [4.69, 9.17) is 0 Å². The number of nitrogens with one attached hydrogen (secondary N) is 2. The first kappa shape index (κ1) is 17.0. The Kier molecular flexibility index (Phi) is 4.23. The monoisotopic (exact) mass is 365 g/mol. The summed E-state index contributed by atoms with van der Waals surface area (Å²) in [5.41, 5.74) is 2.20. The van der Waals surface area contributed by atoms with Crippen LogP contribution in [0.2, 0.25) is 0 Å². The number of benzene rings is 1. The van der Waals surface area contributed by atoms with Crippen LogP contribution in [0, 0.1) is 16.0 Å². The predicted molar refractivity (Wildman–Crippen MR) is 102 cm³/mol. The van der Waals surface area contributed by atoms with Gasteiger partial charge < -0.3 is 20.7 Å².